The third-order valence-electron chi connectivity index (χ3n) is 8.46. The highest BCUT2D eigenvalue weighted by molar-refractivity contribution is 7.99. The molecule has 3 fully saturated rings. The lowest BCUT2D eigenvalue weighted by atomic mass is 9.85. The van der Waals surface area contributed by atoms with E-state index in [4.69, 9.17) is 17.0 Å². The second kappa shape index (κ2) is 15.6. The highest BCUT2D eigenvalue weighted by Crippen LogP contribution is 2.28. The van der Waals surface area contributed by atoms with Gasteiger partial charge in [0, 0.05) is 43.7 Å². The van der Waals surface area contributed by atoms with E-state index in [0.717, 1.165) is 56.1 Å². The molecule has 2 amide bonds. The summed E-state index contributed by atoms with van der Waals surface area (Å²) >= 11 is 7.69. The maximum atomic E-state index is 13.7. The fraction of sp³-hybridized carbons (Fsp3) is 0.719. The third kappa shape index (κ3) is 10.4. The van der Waals surface area contributed by atoms with Gasteiger partial charge in [0.2, 0.25) is 5.91 Å². The van der Waals surface area contributed by atoms with Crippen molar-refractivity contribution in [3.05, 3.63) is 35.9 Å². The Morgan fingerprint density at radius 1 is 1.05 bits per heavy atom. The number of piperidine rings is 1. The molecule has 2 atom stereocenters. The van der Waals surface area contributed by atoms with Crippen LogP contribution in [0.1, 0.15) is 84.1 Å². The minimum atomic E-state index is -0.604. The van der Waals surface area contributed by atoms with E-state index in [1.54, 1.807) is 16.7 Å². The van der Waals surface area contributed by atoms with E-state index in [2.05, 4.69) is 45.9 Å². The first kappa shape index (κ1) is 32.1. The molecule has 41 heavy (non-hydrogen) atoms. The van der Waals surface area contributed by atoms with E-state index < -0.39 is 17.7 Å². The Labute approximate surface area is 256 Å². The molecule has 0 unspecified atom stereocenters. The molecule has 7 nitrogen and oxygen atoms in total. The summed E-state index contributed by atoms with van der Waals surface area (Å²) in [5, 5.41) is 6.93. The van der Waals surface area contributed by atoms with Gasteiger partial charge in [0.05, 0.1) is 11.0 Å². The molecular weight excluding hydrogens is 553 g/mol. The molecule has 2 heterocycles. The van der Waals surface area contributed by atoms with Gasteiger partial charge >= 0.3 is 6.09 Å². The third-order valence-corrected chi connectivity index (χ3v) is 9.89. The average Bonchev–Trinajstić information content (AvgIpc) is 2.96. The van der Waals surface area contributed by atoms with Crippen molar-refractivity contribution in [2.45, 2.75) is 109 Å². The van der Waals surface area contributed by atoms with Crippen LogP contribution >= 0.6 is 24.0 Å². The summed E-state index contributed by atoms with van der Waals surface area (Å²) in [6.45, 7) is 9.11. The Morgan fingerprint density at radius 3 is 2.44 bits per heavy atom. The number of carbonyl (C=O) groups is 2. The van der Waals surface area contributed by atoms with Crippen molar-refractivity contribution in [2.75, 3.05) is 31.1 Å². The van der Waals surface area contributed by atoms with E-state index in [-0.39, 0.29) is 11.9 Å². The van der Waals surface area contributed by atoms with Crippen molar-refractivity contribution in [1.29, 1.82) is 0 Å². The van der Waals surface area contributed by atoms with Gasteiger partial charge in [0.15, 0.2) is 0 Å². The molecule has 0 aromatic heterocycles. The van der Waals surface area contributed by atoms with Crippen LogP contribution in [0.4, 0.5) is 4.79 Å². The first-order valence-corrected chi connectivity index (χ1v) is 17.2. The zero-order valence-corrected chi connectivity index (χ0v) is 26.9. The Hall–Kier alpha value is -1.84. The van der Waals surface area contributed by atoms with E-state index >= 15 is 0 Å². The van der Waals surface area contributed by atoms with E-state index in [1.807, 2.05) is 20.8 Å². The summed E-state index contributed by atoms with van der Waals surface area (Å²) in [6, 6.07) is 10.2. The lowest BCUT2D eigenvalue weighted by Crippen LogP contribution is -2.58. The van der Waals surface area contributed by atoms with Crippen LogP contribution in [0.15, 0.2) is 30.3 Å². The van der Waals surface area contributed by atoms with Crippen LogP contribution in [0, 0.1) is 5.92 Å². The predicted molar refractivity (Wildman–Crippen MR) is 172 cm³/mol. The number of rotatable bonds is 9. The van der Waals surface area contributed by atoms with Gasteiger partial charge in [-0.05, 0) is 57.9 Å². The minimum Gasteiger partial charge on any atom is -0.444 e. The molecule has 1 saturated carbocycles. The zero-order valence-electron chi connectivity index (χ0n) is 25.2. The van der Waals surface area contributed by atoms with Gasteiger partial charge in [0.25, 0.3) is 0 Å². The van der Waals surface area contributed by atoms with E-state index in [9.17, 15) is 9.59 Å². The number of thiocarbonyl (C=S) groups is 1. The number of nitrogens with zero attached hydrogens (tertiary/aromatic N) is 2. The molecule has 0 radical (unpaired) electrons. The maximum Gasteiger partial charge on any atom is 0.411 e. The number of carbonyl (C=O) groups excluding carboxylic acids is 2. The predicted octanol–water partition coefficient (Wildman–Crippen LogP) is 5.77. The summed E-state index contributed by atoms with van der Waals surface area (Å²) in [5.74, 6) is 1.95. The molecule has 0 bridgehead atoms. The topological polar surface area (TPSA) is 73.9 Å². The van der Waals surface area contributed by atoms with Crippen molar-refractivity contribution in [2.24, 2.45) is 5.92 Å². The summed E-state index contributed by atoms with van der Waals surface area (Å²) < 4.78 is 5.64. The van der Waals surface area contributed by atoms with Crippen molar-refractivity contribution < 1.29 is 14.3 Å². The van der Waals surface area contributed by atoms with Gasteiger partial charge in [-0.2, -0.15) is 11.8 Å². The molecule has 9 heteroatoms. The fourth-order valence-corrected chi connectivity index (χ4v) is 7.54. The molecular formula is C32H50N4O3S2. The molecule has 1 aromatic carbocycles. The van der Waals surface area contributed by atoms with Gasteiger partial charge < -0.3 is 15.4 Å². The Bertz CT molecular complexity index is 988. The molecule has 4 rings (SSSR count). The molecule has 2 saturated heterocycles. The molecule has 1 aromatic rings. The van der Waals surface area contributed by atoms with Crippen LogP contribution < -0.4 is 10.6 Å². The zero-order chi connectivity index (χ0) is 29.2. The van der Waals surface area contributed by atoms with E-state index in [1.165, 1.54) is 37.7 Å². The van der Waals surface area contributed by atoms with Gasteiger partial charge in [-0.15, -0.1) is 0 Å². The Balaban J connectivity index is 1.35. The van der Waals surface area contributed by atoms with Crippen molar-refractivity contribution >= 4 is 41.0 Å². The van der Waals surface area contributed by atoms with Crippen LogP contribution in [-0.2, 0) is 16.1 Å². The Kier molecular flexibility index (Phi) is 12.2. The number of hydrogen-bond acceptors (Lipinski definition) is 6. The second-order valence-corrected chi connectivity index (χ2v) is 14.5. The van der Waals surface area contributed by atoms with Crippen LogP contribution in [0.2, 0.25) is 0 Å². The van der Waals surface area contributed by atoms with Crippen LogP contribution in [-0.4, -0.2) is 81.7 Å². The number of benzene rings is 1. The SMILES string of the molecule is CC(C)(C)OC(=O)N1CCSC[C@@H]1C(=O)N[C@H](CCC1CCCCC1)C(=S)NC1CCN(Cc2ccccc2)CC1. The second-order valence-electron chi connectivity index (χ2n) is 13.0. The fourth-order valence-electron chi connectivity index (χ4n) is 6.15. The van der Waals surface area contributed by atoms with Crippen LogP contribution in [0.3, 0.4) is 0 Å². The summed E-state index contributed by atoms with van der Waals surface area (Å²) in [6.07, 6.45) is 10.0. The largest absolute Gasteiger partial charge is 0.444 e. The maximum absolute atomic E-state index is 13.7. The highest BCUT2D eigenvalue weighted by atomic mass is 32.2. The van der Waals surface area contributed by atoms with Gasteiger partial charge in [-0.3, -0.25) is 14.6 Å². The quantitative estimate of drug-likeness (QED) is 0.348. The van der Waals surface area contributed by atoms with Gasteiger partial charge in [0.1, 0.15) is 11.6 Å². The van der Waals surface area contributed by atoms with Crippen molar-refractivity contribution in [1.82, 2.24) is 20.4 Å². The number of amides is 2. The molecule has 228 valence electrons. The number of hydrogen-bond donors (Lipinski definition) is 2. The number of thioether (sulfide) groups is 1. The monoisotopic (exact) mass is 602 g/mol. The van der Waals surface area contributed by atoms with Crippen molar-refractivity contribution in [3.8, 4) is 0 Å². The normalized spacial score (nSPS) is 22.1. The number of likely N-dealkylation sites (tertiary alicyclic amines) is 1. The minimum absolute atomic E-state index is 0.126. The van der Waals surface area contributed by atoms with Gasteiger partial charge in [-0.25, -0.2) is 4.79 Å². The number of nitrogens with one attached hydrogen (secondary N) is 2. The standard InChI is InChI=1S/C32H50N4O3S2/c1-32(2,3)39-31(38)36-20-21-41-23-28(36)29(37)34-27(15-14-24-10-6-4-7-11-24)30(40)33-26-16-18-35(19-17-26)22-25-12-8-5-9-13-25/h5,8-9,12-13,24,26-28H,4,6-7,10-11,14-23H2,1-3H3,(H,33,40)(H,34,37)/t27-,28-/m1/s1. The summed E-state index contributed by atoms with van der Waals surface area (Å²) in [7, 11) is 0. The van der Waals surface area contributed by atoms with Crippen LogP contribution in [0.5, 0.6) is 0 Å². The Morgan fingerprint density at radius 2 is 1.76 bits per heavy atom. The molecule has 0 spiro atoms. The lowest BCUT2D eigenvalue weighted by Gasteiger charge is -2.37. The summed E-state index contributed by atoms with van der Waals surface area (Å²) in [4.78, 5) is 31.5. The van der Waals surface area contributed by atoms with Crippen LogP contribution in [0.25, 0.3) is 0 Å². The average molecular weight is 603 g/mol. The lowest BCUT2D eigenvalue weighted by molar-refractivity contribution is -0.126. The molecule has 1 aliphatic carbocycles. The summed E-state index contributed by atoms with van der Waals surface area (Å²) in [5.41, 5.74) is 0.745. The molecule has 3 aliphatic rings. The first-order valence-electron chi connectivity index (χ1n) is 15.6. The first-order chi connectivity index (χ1) is 19.7. The smallest absolute Gasteiger partial charge is 0.411 e. The van der Waals surface area contributed by atoms with Gasteiger partial charge in [-0.1, -0.05) is 74.7 Å². The highest BCUT2D eigenvalue weighted by Gasteiger charge is 2.36. The number of ether oxygens (including phenoxy) is 1. The molecule has 2 aliphatic heterocycles. The van der Waals surface area contributed by atoms with Crippen molar-refractivity contribution in [3.63, 3.8) is 0 Å². The molecule has 2 N–H and O–H groups in total. The van der Waals surface area contributed by atoms with E-state index in [0.29, 0.717) is 24.3 Å².